The van der Waals surface area contributed by atoms with Crippen LogP contribution in [0.25, 0.3) is 0 Å². The summed E-state index contributed by atoms with van der Waals surface area (Å²) in [5, 5.41) is 21.8. The van der Waals surface area contributed by atoms with Crippen molar-refractivity contribution >= 4 is 11.8 Å². The highest BCUT2D eigenvalue weighted by Gasteiger charge is 2.63. The second kappa shape index (κ2) is 6.56. The Bertz CT molecular complexity index is 705. The monoisotopic (exact) mass is 376 g/mol. The van der Waals surface area contributed by atoms with Crippen molar-refractivity contribution in [1.29, 1.82) is 0 Å². The Morgan fingerprint density at radius 3 is 2.56 bits per heavy atom. The molecular formula is C22H32O5. The van der Waals surface area contributed by atoms with Crippen LogP contribution >= 0.6 is 0 Å². The van der Waals surface area contributed by atoms with Crippen LogP contribution < -0.4 is 0 Å². The minimum Gasteiger partial charge on any atom is -0.450 e. The minimum atomic E-state index is -1.55. The minimum absolute atomic E-state index is 0.0997. The first-order valence-electron chi connectivity index (χ1n) is 9.90. The lowest BCUT2D eigenvalue weighted by Crippen LogP contribution is -2.53. The summed E-state index contributed by atoms with van der Waals surface area (Å²) in [6, 6.07) is 0. The van der Waals surface area contributed by atoms with E-state index in [0.717, 1.165) is 6.42 Å². The summed E-state index contributed by atoms with van der Waals surface area (Å²) in [6.45, 7) is 13.3. The first-order valence-corrected chi connectivity index (χ1v) is 9.90. The Balaban J connectivity index is 2.13. The van der Waals surface area contributed by atoms with Gasteiger partial charge in [-0.15, -0.1) is 0 Å². The molecule has 2 saturated carbocycles. The van der Waals surface area contributed by atoms with Gasteiger partial charge in [0.1, 0.15) is 0 Å². The van der Waals surface area contributed by atoms with Gasteiger partial charge in [0.25, 0.3) is 0 Å². The van der Waals surface area contributed by atoms with E-state index >= 15 is 0 Å². The summed E-state index contributed by atoms with van der Waals surface area (Å²) in [7, 11) is 0. The molecule has 0 aromatic rings. The second-order valence-corrected chi connectivity index (χ2v) is 9.46. The standard InChI is InChI=1S/C22H32O5/c1-11-7-8-15-16(21(15,5)6)9-12(2)20(26)22(27-14(4)23)10-13(3)19(25)17(22)18(11)24/h9,13,15-19,24-25H,1,7-8,10H2,2-6H3/b12-9+/t13-,15-,16+,17-,18-,19-,22+/m0/s1. The Morgan fingerprint density at radius 1 is 1.33 bits per heavy atom. The summed E-state index contributed by atoms with van der Waals surface area (Å²) in [4.78, 5) is 25.5. The molecule has 5 nitrogen and oxygen atoms in total. The van der Waals surface area contributed by atoms with Gasteiger partial charge in [-0.3, -0.25) is 9.59 Å². The molecule has 0 spiro atoms. The average molecular weight is 376 g/mol. The number of aliphatic hydroxyl groups is 2. The predicted octanol–water partition coefficient (Wildman–Crippen LogP) is 2.80. The highest BCUT2D eigenvalue weighted by atomic mass is 16.6. The number of allylic oxidation sites excluding steroid dienone is 1. The van der Waals surface area contributed by atoms with Gasteiger partial charge in [0.05, 0.1) is 18.1 Å². The number of aliphatic hydroxyl groups excluding tert-OH is 2. The molecule has 7 atom stereocenters. The lowest BCUT2D eigenvalue weighted by molar-refractivity contribution is -0.174. The first-order chi connectivity index (χ1) is 12.4. The fourth-order valence-electron chi connectivity index (χ4n) is 5.55. The van der Waals surface area contributed by atoms with Crippen LogP contribution in [0.1, 0.15) is 53.9 Å². The number of Topliss-reactive ketones (excluding diaryl/α,β-unsaturated/α-hetero) is 1. The zero-order chi connectivity index (χ0) is 20.3. The molecule has 0 aromatic carbocycles. The highest BCUT2D eigenvalue weighted by Crippen LogP contribution is 2.62. The van der Waals surface area contributed by atoms with Crippen molar-refractivity contribution in [2.75, 3.05) is 0 Å². The number of carbonyl (C=O) groups is 2. The van der Waals surface area contributed by atoms with Crippen molar-refractivity contribution < 1.29 is 24.5 Å². The zero-order valence-electron chi connectivity index (χ0n) is 17.0. The number of carbonyl (C=O) groups excluding carboxylic acids is 2. The predicted molar refractivity (Wildman–Crippen MR) is 102 cm³/mol. The number of ketones is 1. The quantitative estimate of drug-likeness (QED) is 0.543. The summed E-state index contributed by atoms with van der Waals surface area (Å²) in [5.74, 6) is -1.36. The highest BCUT2D eigenvalue weighted by molar-refractivity contribution is 6.03. The van der Waals surface area contributed by atoms with Gasteiger partial charge in [0, 0.05) is 13.3 Å². The molecule has 150 valence electrons. The summed E-state index contributed by atoms with van der Waals surface area (Å²) >= 11 is 0. The van der Waals surface area contributed by atoms with Crippen LogP contribution in [0.3, 0.4) is 0 Å². The number of fused-ring (bicyclic) bond motifs is 2. The van der Waals surface area contributed by atoms with Gasteiger partial charge in [-0.05, 0) is 54.1 Å². The summed E-state index contributed by atoms with van der Waals surface area (Å²) < 4.78 is 5.63. The molecule has 0 bridgehead atoms. The average Bonchev–Trinajstić information content (AvgIpc) is 2.97. The van der Waals surface area contributed by atoms with Gasteiger partial charge in [-0.2, -0.15) is 0 Å². The largest absolute Gasteiger partial charge is 0.450 e. The SMILES string of the molecule is C=C1CC[C@H]2[C@@H](/C=C(\C)C(=O)[C@@]3(OC(C)=O)C[C@H](C)[C@H](O)[C@@H]3[C@H]1O)C2(C)C. The third-order valence-electron chi connectivity index (χ3n) is 7.29. The summed E-state index contributed by atoms with van der Waals surface area (Å²) in [5.41, 5.74) is -0.309. The molecule has 3 rings (SSSR count). The third kappa shape index (κ3) is 3.09. The van der Waals surface area contributed by atoms with E-state index in [1.807, 2.05) is 13.0 Å². The molecule has 2 N–H and O–H groups in total. The van der Waals surface area contributed by atoms with Gasteiger partial charge in [0.2, 0.25) is 5.78 Å². The lowest BCUT2D eigenvalue weighted by atomic mass is 9.77. The van der Waals surface area contributed by atoms with Crippen molar-refractivity contribution in [3.63, 3.8) is 0 Å². The maximum absolute atomic E-state index is 13.5. The Labute approximate surface area is 161 Å². The molecule has 27 heavy (non-hydrogen) atoms. The topological polar surface area (TPSA) is 83.8 Å². The van der Waals surface area contributed by atoms with Crippen LogP contribution in [-0.4, -0.2) is 39.8 Å². The summed E-state index contributed by atoms with van der Waals surface area (Å²) in [6.07, 6.45) is 1.67. The molecule has 0 amide bonds. The van der Waals surface area contributed by atoms with E-state index < -0.39 is 29.7 Å². The number of esters is 1. The number of rotatable bonds is 1. The van der Waals surface area contributed by atoms with E-state index in [4.69, 9.17) is 4.74 Å². The zero-order valence-corrected chi connectivity index (χ0v) is 17.0. The molecule has 0 aliphatic heterocycles. The molecule has 3 aliphatic rings. The van der Waals surface area contributed by atoms with Crippen LogP contribution in [0.5, 0.6) is 0 Å². The first kappa shape index (κ1) is 20.3. The number of hydrogen-bond donors (Lipinski definition) is 2. The van der Waals surface area contributed by atoms with Crippen molar-refractivity contribution in [3.05, 3.63) is 23.8 Å². The van der Waals surface area contributed by atoms with Crippen LogP contribution in [-0.2, 0) is 14.3 Å². The van der Waals surface area contributed by atoms with Crippen molar-refractivity contribution in [1.82, 2.24) is 0 Å². The van der Waals surface area contributed by atoms with Gasteiger partial charge >= 0.3 is 5.97 Å². The van der Waals surface area contributed by atoms with Crippen molar-refractivity contribution in [2.45, 2.75) is 71.7 Å². The molecule has 0 saturated heterocycles. The number of ether oxygens (including phenoxy) is 1. The molecule has 2 fully saturated rings. The fourth-order valence-corrected chi connectivity index (χ4v) is 5.55. The van der Waals surface area contributed by atoms with E-state index in [1.165, 1.54) is 6.92 Å². The Kier molecular flexibility index (Phi) is 4.92. The van der Waals surface area contributed by atoms with Gasteiger partial charge in [-0.25, -0.2) is 0 Å². The third-order valence-corrected chi connectivity index (χ3v) is 7.29. The van der Waals surface area contributed by atoms with Gasteiger partial charge in [-0.1, -0.05) is 33.4 Å². The lowest BCUT2D eigenvalue weighted by Gasteiger charge is -2.37. The van der Waals surface area contributed by atoms with E-state index in [-0.39, 0.29) is 29.5 Å². The van der Waals surface area contributed by atoms with E-state index in [1.54, 1.807) is 6.92 Å². The van der Waals surface area contributed by atoms with Crippen LogP contribution in [0.15, 0.2) is 23.8 Å². The molecular weight excluding hydrogens is 344 g/mol. The Hall–Kier alpha value is -1.46. The smallest absolute Gasteiger partial charge is 0.303 e. The second-order valence-electron chi connectivity index (χ2n) is 9.46. The maximum Gasteiger partial charge on any atom is 0.303 e. The molecule has 3 aliphatic carbocycles. The van der Waals surface area contributed by atoms with E-state index in [0.29, 0.717) is 23.5 Å². The van der Waals surface area contributed by atoms with Crippen LogP contribution in [0.4, 0.5) is 0 Å². The van der Waals surface area contributed by atoms with Crippen LogP contribution in [0.2, 0.25) is 0 Å². The van der Waals surface area contributed by atoms with E-state index in [9.17, 15) is 19.8 Å². The van der Waals surface area contributed by atoms with Crippen molar-refractivity contribution in [2.24, 2.45) is 29.1 Å². The maximum atomic E-state index is 13.5. The number of hydrogen-bond acceptors (Lipinski definition) is 5. The molecule has 0 radical (unpaired) electrons. The van der Waals surface area contributed by atoms with Gasteiger partial charge in [0.15, 0.2) is 5.60 Å². The Morgan fingerprint density at radius 2 is 1.96 bits per heavy atom. The van der Waals surface area contributed by atoms with Crippen LogP contribution in [0, 0.1) is 29.1 Å². The van der Waals surface area contributed by atoms with E-state index in [2.05, 4.69) is 20.4 Å². The fraction of sp³-hybridized carbons (Fsp3) is 0.727. The van der Waals surface area contributed by atoms with Gasteiger partial charge < -0.3 is 14.9 Å². The molecule has 0 unspecified atom stereocenters. The molecule has 5 heteroatoms. The molecule has 0 heterocycles. The van der Waals surface area contributed by atoms with Crippen molar-refractivity contribution in [3.8, 4) is 0 Å². The molecule has 0 aromatic heterocycles. The normalized spacial score (nSPS) is 45.8.